The summed E-state index contributed by atoms with van der Waals surface area (Å²) in [5, 5.41) is 12.1. The van der Waals surface area contributed by atoms with Crippen molar-refractivity contribution < 1.29 is 18.7 Å². The molecule has 9 heteroatoms. The maximum Gasteiger partial charge on any atom is 0.263 e. The first-order chi connectivity index (χ1) is 16.9. The van der Waals surface area contributed by atoms with Gasteiger partial charge >= 0.3 is 0 Å². The van der Waals surface area contributed by atoms with E-state index < -0.39 is 17.3 Å². The minimum absolute atomic E-state index is 0.0111. The highest BCUT2D eigenvalue weighted by Crippen LogP contribution is 2.32. The summed E-state index contributed by atoms with van der Waals surface area (Å²) in [7, 11) is 3.05. The van der Waals surface area contributed by atoms with Crippen LogP contribution >= 0.6 is 0 Å². The zero-order valence-corrected chi connectivity index (χ0v) is 19.5. The number of nitriles is 1. The maximum absolute atomic E-state index is 14.3. The molecule has 0 spiro atoms. The topological polar surface area (TPSA) is 96.6 Å². The molecule has 1 aliphatic rings. The second-order valence-corrected chi connectivity index (χ2v) is 8.24. The predicted molar refractivity (Wildman–Crippen MR) is 130 cm³/mol. The molecule has 0 unspecified atom stereocenters. The number of amides is 1. The minimum atomic E-state index is -0.546. The molecule has 0 aliphatic carbocycles. The van der Waals surface area contributed by atoms with Crippen molar-refractivity contribution in [3.63, 3.8) is 0 Å². The molecule has 2 aromatic carbocycles. The number of hydrogen-bond acceptors (Lipinski definition) is 6. The Morgan fingerprint density at radius 2 is 1.94 bits per heavy atom. The van der Waals surface area contributed by atoms with Crippen LogP contribution in [-0.4, -0.2) is 36.8 Å². The van der Waals surface area contributed by atoms with Crippen molar-refractivity contribution in [3.8, 4) is 17.6 Å². The van der Waals surface area contributed by atoms with Crippen LogP contribution in [-0.2, 0) is 7.05 Å². The normalized spacial score (nSPS) is 13.7. The number of benzene rings is 2. The second kappa shape index (κ2) is 10.3. The molecule has 1 amide bonds. The number of halogens is 1. The molecule has 3 aromatic rings. The summed E-state index contributed by atoms with van der Waals surface area (Å²) in [6.45, 7) is 1.20. The number of aryl methyl sites for hydroxylation is 1. The van der Waals surface area contributed by atoms with Crippen molar-refractivity contribution in [1.82, 2.24) is 4.57 Å². The molecule has 1 saturated heterocycles. The van der Waals surface area contributed by atoms with E-state index in [2.05, 4.69) is 16.3 Å². The number of methoxy groups -OCH3 is 1. The fourth-order valence-electron chi connectivity index (χ4n) is 4.04. The number of rotatable bonds is 6. The predicted octanol–water partition coefficient (Wildman–Crippen LogP) is 3.70. The van der Waals surface area contributed by atoms with Crippen LogP contribution in [0.15, 0.2) is 59.5 Å². The largest absolute Gasteiger partial charge is 0.497 e. The van der Waals surface area contributed by atoms with Gasteiger partial charge in [0.1, 0.15) is 17.4 Å². The van der Waals surface area contributed by atoms with Gasteiger partial charge in [-0.1, -0.05) is 0 Å². The Morgan fingerprint density at radius 3 is 2.63 bits per heavy atom. The molecular formula is C26H25FN4O4. The van der Waals surface area contributed by atoms with E-state index in [1.165, 1.54) is 23.8 Å². The lowest BCUT2D eigenvalue weighted by Gasteiger charge is -2.35. The second-order valence-electron chi connectivity index (χ2n) is 8.24. The fourth-order valence-corrected chi connectivity index (χ4v) is 4.04. The molecule has 1 N–H and O–H groups in total. The third-order valence-electron chi connectivity index (χ3n) is 5.96. The van der Waals surface area contributed by atoms with Gasteiger partial charge in [0.15, 0.2) is 11.6 Å². The first kappa shape index (κ1) is 23.8. The summed E-state index contributed by atoms with van der Waals surface area (Å²) in [5.41, 5.74) is 1.17. The molecular weight excluding hydrogens is 451 g/mol. The Kier molecular flexibility index (Phi) is 7.01. The number of ether oxygens (including phenoxy) is 2. The molecule has 0 bridgehead atoms. The lowest BCUT2D eigenvalue weighted by atomic mass is 10.1. The van der Waals surface area contributed by atoms with Gasteiger partial charge in [0.05, 0.1) is 30.1 Å². The number of piperidine rings is 1. The van der Waals surface area contributed by atoms with Gasteiger partial charge in [-0.2, -0.15) is 5.26 Å². The van der Waals surface area contributed by atoms with Gasteiger partial charge in [0.25, 0.3) is 11.5 Å². The Hall–Kier alpha value is -4.32. The monoisotopic (exact) mass is 476 g/mol. The molecule has 4 rings (SSSR count). The molecule has 0 saturated carbocycles. The SMILES string of the molecule is COc1ccc(OC2CCN(c3ccc(C#N)cc3NC(=O)c3cccn(C)c3=O)CC2)c(F)c1. The van der Waals surface area contributed by atoms with E-state index in [1.54, 1.807) is 49.6 Å². The van der Waals surface area contributed by atoms with Gasteiger partial charge < -0.3 is 24.3 Å². The number of pyridine rings is 1. The van der Waals surface area contributed by atoms with E-state index >= 15 is 0 Å². The van der Waals surface area contributed by atoms with E-state index in [0.717, 1.165) is 5.69 Å². The van der Waals surface area contributed by atoms with Crippen LogP contribution in [0.5, 0.6) is 11.5 Å². The van der Waals surface area contributed by atoms with Crippen molar-refractivity contribution in [2.75, 3.05) is 30.4 Å². The summed E-state index contributed by atoms with van der Waals surface area (Å²) in [5.74, 6) is -0.417. The summed E-state index contributed by atoms with van der Waals surface area (Å²) < 4.78 is 26.5. The molecule has 2 heterocycles. The zero-order chi connectivity index (χ0) is 24.9. The molecule has 0 radical (unpaired) electrons. The quantitative estimate of drug-likeness (QED) is 0.583. The van der Waals surface area contributed by atoms with Gasteiger partial charge in [-0.15, -0.1) is 0 Å². The summed E-state index contributed by atoms with van der Waals surface area (Å²) in [6.07, 6.45) is 2.68. The fraction of sp³-hybridized carbons (Fsp3) is 0.269. The molecule has 35 heavy (non-hydrogen) atoms. The molecule has 8 nitrogen and oxygen atoms in total. The van der Waals surface area contributed by atoms with Crippen LogP contribution in [0.1, 0.15) is 28.8 Å². The van der Waals surface area contributed by atoms with E-state index in [-0.39, 0.29) is 17.4 Å². The van der Waals surface area contributed by atoms with Gasteiger partial charge in [-0.05, 0) is 42.5 Å². The maximum atomic E-state index is 14.3. The van der Waals surface area contributed by atoms with Gasteiger partial charge in [0.2, 0.25) is 0 Å². The number of carbonyl (C=O) groups is 1. The first-order valence-electron chi connectivity index (χ1n) is 11.2. The summed E-state index contributed by atoms with van der Waals surface area (Å²) >= 11 is 0. The average Bonchev–Trinajstić information content (AvgIpc) is 2.87. The van der Waals surface area contributed by atoms with E-state index in [1.807, 2.05) is 0 Å². The van der Waals surface area contributed by atoms with E-state index in [4.69, 9.17) is 9.47 Å². The average molecular weight is 477 g/mol. The van der Waals surface area contributed by atoms with Crippen LogP contribution < -0.4 is 25.2 Å². The van der Waals surface area contributed by atoms with Crippen molar-refractivity contribution >= 4 is 17.3 Å². The molecule has 1 fully saturated rings. The van der Waals surface area contributed by atoms with Crippen molar-refractivity contribution in [2.45, 2.75) is 18.9 Å². The van der Waals surface area contributed by atoms with Crippen molar-refractivity contribution in [3.05, 3.63) is 82.0 Å². The minimum Gasteiger partial charge on any atom is -0.497 e. The number of hydrogen-bond donors (Lipinski definition) is 1. The molecule has 1 aliphatic heterocycles. The van der Waals surface area contributed by atoms with Crippen LogP contribution in [0.2, 0.25) is 0 Å². The molecule has 0 atom stereocenters. The van der Waals surface area contributed by atoms with Crippen LogP contribution in [0, 0.1) is 17.1 Å². The summed E-state index contributed by atoms with van der Waals surface area (Å²) in [4.78, 5) is 27.3. The van der Waals surface area contributed by atoms with Crippen molar-refractivity contribution in [1.29, 1.82) is 5.26 Å². The highest BCUT2D eigenvalue weighted by molar-refractivity contribution is 6.05. The van der Waals surface area contributed by atoms with Crippen LogP contribution in [0.4, 0.5) is 15.8 Å². The van der Waals surface area contributed by atoms with Gasteiger partial charge in [0, 0.05) is 45.2 Å². The zero-order valence-electron chi connectivity index (χ0n) is 19.5. The van der Waals surface area contributed by atoms with Crippen LogP contribution in [0.3, 0.4) is 0 Å². The summed E-state index contributed by atoms with van der Waals surface area (Å²) in [6, 6.07) is 14.7. The number of carbonyl (C=O) groups excluding carboxylic acids is 1. The lowest BCUT2D eigenvalue weighted by Crippen LogP contribution is -2.39. The number of aromatic nitrogens is 1. The standard InChI is InChI=1S/C26H25FN4O4/c1-30-11-3-4-20(26(30)33)25(32)29-22-14-17(16-28)5-7-23(22)31-12-9-18(10-13-31)35-24-8-6-19(34-2)15-21(24)27/h3-8,11,14-15,18H,9-10,12-13H2,1-2H3,(H,29,32). The molecule has 180 valence electrons. The third kappa shape index (κ3) is 5.27. The highest BCUT2D eigenvalue weighted by Gasteiger charge is 2.24. The first-order valence-corrected chi connectivity index (χ1v) is 11.2. The Labute approximate surface area is 202 Å². The highest BCUT2D eigenvalue weighted by atomic mass is 19.1. The Balaban J connectivity index is 1.49. The van der Waals surface area contributed by atoms with Gasteiger partial charge in [-0.3, -0.25) is 9.59 Å². The third-order valence-corrected chi connectivity index (χ3v) is 5.96. The molecule has 1 aromatic heterocycles. The number of anilines is 2. The van der Waals surface area contributed by atoms with Gasteiger partial charge in [-0.25, -0.2) is 4.39 Å². The number of nitrogens with one attached hydrogen (secondary N) is 1. The van der Waals surface area contributed by atoms with E-state index in [9.17, 15) is 19.2 Å². The smallest absolute Gasteiger partial charge is 0.263 e. The Morgan fingerprint density at radius 1 is 1.17 bits per heavy atom. The Bertz CT molecular complexity index is 1340. The number of nitrogens with zero attached hydrogens (tertiary/aromatic N) is 3. The van der Waals surface area contributed by atoms with Crippen LogP contribution in [0.25, 0.3) is 0 Å². The van der Waals surface area contributed by atoms with Crippen molar-refractivity contribution in [2.24, 2.45) is 7.05 Å². The van der Waals surface area contributed by atoms with E-state index in [0.29, 0.717) is 42.9 Å². The lowest BCUT2D eigenvalue weighted by molar-refractivity contribution is 0.102.